The highest BCUT2D eigenvalue weighted by Gasteiger charge is 2.07. The van der Waals surface area contributed by atoms with Gasteiger partial charge in [0.05, 0.1) is 11.4 Å². The summed E-state index contributed by atoms with van der Waals surface area (Å²) in [6.07, 6.45) is 3.45. The van der Waals surface area contributed by atoms with E-state index in [1.165, 1.54) is 0 Å². The SMILES string of the molecule is C=Cc1cc(C(=N)C(=C)C)[nH]c1C=C. The Labute approximate surface area is 84.2 Å². The minimum atomic E-state index is 0.418. The molecule has 1 rings (SSSR count). The Bertz CT molecular complexity index is 382. The van der Waals surface area contributed by atoms with Gasteiger partial charge in [-0.3, -0.25) is 5.41 Å². The lowest BCUT2D eigenvalue weighted by atomic mass is 10.1. The molecule has 0 atom stereocenters. The first-order valence-corrected chi connectivity index (χ1v) is 4.32. The molecule has 14 heavy (non-hydrogen) atoms. The second-order valence-corrected chi connectivity index (χ2v) is 3.12. The molecule has 1 heterocycles. The van der Waals surface area contributed by atoms with E-state index in [-0.39, 0.29) is 0 Å². The van der Waals surface area contributed by atoms with Crippen molar-refractivity contribution in [1.82, 2.24) is 4.98 Å². The normalized spacial score (nSPS) is 9.50. The molecule has 0 radical (unpaired) electrons. The lowest BCUT2D eigenvalue weighted by Crippen LogP contribution is -1.99. The summed E-state index contributed by atoms with van der Waals surface area (Å²) in [5, 5.41) is 7.75. The molecule has 0 spiro atoms. The molecule has 0 aliphatic rings. The van der Waals surface area contributed by atoms with Crippen molar-refractivity contribution >= 4 is 17.9 Å². The summed E-state index contributed by atoms with van der Waals surface area (Å²) in [5.74, 6) is 0. The fourth-order valence-electron chi connectivity index (χ4n) is 1.19. The van der Waals surface area contributed by atoms with Crippen LogP contribution in [0, 0.1) is 5.41 Å². The number of hydrogen-bond donors (Lipinski definition) is 2. The summed E-state index contributed by atoms with van der Waals surface area (Å²) in [6, 6.07) is 1.88. The molecule has 2 nitrogen and oxygen atoms in total. The van der Waals surface area contributed by atoms with Crippen molar-refractivity contribution < 1.29 is 0 Å². The first-order chi connectivity index (χ1) is 6.60. The van der Waals surface area contributed by atoms with Gasteiger partial charge in [-0.15, -0.1) is 0 Å². The first kappa shape index (κ1) is 10.3. The van der Waals surface area contributed by atoms with Crippen LogP contribution < -0.4 is 0 Å². The number of H-pyrrole nitrogens is 1. The van der Waals surface area contributed by atoms with E-state index in [1.54, 1.807) is 12.2 Å². The van der Waals surface area contributed by atoms with E-state index in [2.05, 4.69) is 24.7 Å². The molecule has 0 unspecified atom stereocenters. The summed E-state index contributed by atoms with van der Waals surface area (Å²) in [5.41, 5.74) is 3.75. The maximum Gasteiger partial charge on any atom is 0.0798 e. The first-order valence-electron chi connectivity index (χ1n) is 4.32. The van der Waals surface area contributed by atoms with Crippen LogP contribution in [-0.4, -0.2) is 10.7 Å². The van der Waals surface area contributed by atoms with Gasteiger partial charge in [0.15, 0.2) is 0 Å². The maximum absolute atomic E-state index is 7.75. The number of nitrogens with one attached hydrogen (secondary N) is 2. The van der Waals surface area contributed by atoms with Gasteiger partial charge in [-0.2, -0.15) is 0 Å². The highest BCUT2D eigenvalue weighted by molar-refractivity contribution is 6.09. The summed E-state index contributed by atoms with van der Waals surface area (Å²) in [4.78, 5) is 3.09. The zero-order chi connectivity index (χ0) is 10.7. The van der Waals surface area contributed by atoms with Gasteiger partial charge < -0.3 is 4.98 Å². The van der Waals surface area contributed by atoms with Crippen molar-refractivity contribution in [3.63, 3.8) is 0 Å². The smallest absolute Gasteiger partial charge is 0.0798 e. The van der Waals surface area contributed by atoms with Crippen LogP contribution in [0.15, 0.2) is 31.4 Å². The second-order valence-electron chi connectivity index (χ2n) is 3.12. The van der Waals surface area contributed by atoms with Gasteiger partial charge >= 0.3 is 0 Å². The summed E-state index contributed by atoms with van der Waals surface area (Å²) in [7, 11) is 0. The van der Waals surface area contributed by atoms with Crippen molar-refractivity contribution in [2.45, 2.75) is 6.92 Å². The van der Waals surface area contributed by atoms with Crippen LogP contribution in [0.3, 0.4) is 0 Å². The molecule has 0 saturated heterocycles. The Kier molecular flexibility index (Phi) is 2.87. The van der Waals surface area contributed by atoms with Crippen LogP contribution in [0.2, 0.25) is 0 Å². The van der Waals surface area contributed by atoms with Gasteiger partial charge in [0, 0.05) is 5.69 Å². The largest absolute Gasteiger partial charge is 0.353 e. The quantitative estimate of drug-likeness (QED) is 0.678. The van der Waals surface area contributed by atoms with E-state index < -0.39 is 0 Å². The van der Waals surface area contributed by atoms with Crippen molar-refractivity contribution in [3.8, 4) is 0 Å². The Balaban J connectivity index is 3.19. The molecule has 2 N–H and O–H groups in total. The van der Waals surface area contributed by atoms with E-state index in [0.717, 1.165) is 22.5 Å². The third-order valence-corrected chi connectivity index (χ3v) is 2.00. The van der Waals surface area contributed by atoms with Crippen molar-refractivity contribution in [2.24, 2.45) is 0 Å². The fraction of sp³-hybridized carbons (Fsp3) is 0.0833. The van der Waals surface area contributed by atoms with E-state index in [9.17, 15) is 0 Å². The van der Waals surface area contributed by atoms with Gasteiger partial charge in [0.25, 0.3) is 0 Å². The fourth-order valence-corrected chi connectivity index (χ4v) is 1.19. The predicted molar refractivity (Wildman–Crippen MR) is 62.6 cm³/mol. The molecular weight excluding hydrogens is 172 g/mol. The zero-order valence-corrected chi connectivity index (χ0v) is 8.35. The predicted octanol–water partition coefficient (Wildman–Crippen LogP) is 3.24. The van der Waals surface area contributed by atoms with Crippen LogP contribution in [0.5, 0.6) is 0 Å². The molecule has 1 aromatic rings. The van der Waals surface area contributed by atoms with E-state index in [0.29, 0.717) is 5.71 Å². The Morgan fingerprint density at radius 3 is 2.43 bits per heavy atom. The summed E-state index contributed by atoms with van der Waals surface area (Å²) < 4.78 is 0. The molecule has 0 aliphatic heterocycles. The van der Waals surface area contributed by atoms with Gasteiger partial charge in [0.2, 0.25) is 0 Å². The molecule has 0 amide bonds. The average Bonchev–Trinajstić information content (AvgIpc) is 2.59. The third-order valence-electron chi connectivity index (χ3n) is 2.00. The lowest BCUT2D eigenvalue weighted by Gasteiger charge is -1.97. The zero-order valence-electron chi connectivity index (χ0n) is 8.35. The summed E-state index contributed by atoms with van der Waals surface area (Å²) >= 11 is 0. The van der Waals surface area contributed by atoms with Crippen LogP contribution in [0.1, 0.15) is 23.9 Å². The van der Waals surface area contributed by atoms with Crippen molar-refractivity contribution in [2.75, 3.05) is 0 Å². The number of aromatic amines is 1. The standard InChI is InChI=1S/C12H14N2/c1-5-9-7-11(12(13)8(3)4)14-10(9)6-2/h5-7,13-14H,1-3H2,4H3. The molecule has 72 valence electrons. The molecule has 0 saturated carbocycles. The van der Waals surface area contributed by atoms with Gasteiger partial charge in [0.1, 0.15) is 0 Å². The van der Waals surface area contributed by atoms with Crippen molar-refractivity contribution in [1.29, 1.82) is 5.41 Å². The maximum atomic E-state index is 7.75. The molecule has 0 aliphatic carbocycles. The minimum absolute atomic E-state index is 0.418. The highest BCUT2D eigenvalue weighted by Crippen LogP contribution is 2.15. The van der Waals surface area contributed by atoms with Crippen LogP contribution in [0.4, 0.5) is 0 Å². The molecule has 0 aromatic carbocycles. The van der Waals surface area contributed by atoms with Crippen LogP contribution in [0.25, 0.3) is 12.2 Å². The van der Waals surface area contributed by atoms with Crippen LogP contribution >= 0.6 is 0 Å². The minimum Gasteiger partial charge on any atom is -0.353 e. The van der Waals surface area contributed by atoms with E-state index >= 15 is 0 Å². The molecule has 1 aromatic heterocycles. The number of allylic oxidation sites excluding steroid dienone is 1. The van der Waals surface area contributed by atoms with E-state index in [1.807, 2.05) is 13.0 Å². The van der Waals surface area contributed by atoms with Gasteiger partial charge in [-0.05, 0) is 30.2 Å². The summed E-state index contributed by atoms with van der Waals surface area (Å²) in [6.45, 7) is 12.9. The Hall–Kier alpha value is -1.83. The number of rotatable bonds is 4. The second kappa shape index (κ2) is 3.92. The number of hydrogen-bond acceptors (Lipinski definition) is 1. The molecule has 2 heteroatoms. The Morgan fingerprint density at radius 2 is 2.07 bits per heavy atom. The highest BCUT2D eigenvalue weighted by atomic mass is 14.7. The lowest BCUT2D eigenvalue weighted by molar-refractivity contribution is 1.31. The number of aromatic nitrogens is 1. The van der Waals surface area contributed by atoms with Crippen LogP contribution in [-0.2, 0) is 0 Å². The van der Waals surface area contributed by atoms with E-state index in [4.69, 9.17) is 5.41 Å². The molecule has 0 bridgehead atoms. The average molecular weight is 186 g/mol. The molecule has 0 fully saturated rings. The van der Waals surface area contributed by atoms with Gasteiger partial charge in [-0.25, -0.2) is 0 Å². The topological polar surface area (TPSA) is 39.6 Å². The third kappa shape index (κ3) is 1.74. The Morgan fingerprint density at radius 1 is 1.43 bits per heavy atom. The van der Waals surface area contributed by atoms with Gasteiger partial charge in [-0.1, -0.05) is 25.8 Å². The monoisotopic (exact) mass is 186 g/mol. The van der Waals surface area contributed by atoms with Crippen molar-refractivity contribution in [3.05, 3.63) is 48.3 Å². The molecular formula is C12H14N2.